The van der Waals surface area contributed by atoms with Gasteiger partial charge in [-0.15, -0.1) is 0 Å². The maximum atomic E-state index is 5.72. The first-order chi connectivity index (χ1) is 4.83. The zero-order valence-corrected chi connectivity index (χ0v) is 6.30. The Morgan fingerprint density at radius 2 is 2.30 bits per heavy atom. The van der Waals surface area contributed by atoms with Crippen LogP contribution in [-0.4, -0.2) is 4.74 Å². The van der Waals surface area contributed by atoms with Crippen LogP contribution in [-0.2, 0) is 6.61 Å². The molecule has 0 aliphatic heterocycles. The molecule has 0 amide bonds. The topological polar surface area (TPSA) is 12.8 Å². The molecule has 0 aliphatic carbocycles. The minimum absolute atomic E-state index is 0.639. The van der Waals surface area contributed by atoms with Crippen molar-refractivity contribution in [1.29, 1.82) is 0 Å². The van der Waals surface area contributed by atoms with Gasteiger partial charge < -0.3 is 4.74 Å². The quantitative estimate of drug-likeness (QED) is 0.460. The van der Waals surface area contributed by atoms with E-state index in [4.69, 9.17) is 11.6 Å². The van der Waals surface area contributed by atoms with Crippen molar-refractivity contribution in [3.05, 3.63) is 42.0 Å². The van der Waals surface area contributed by atoms with Crippen LogP contribution in [0.5, 0.6) is 0 Å². The van der Waals surface area contributed by atoms with E-state index in [1.807, 2.05) is 24.3 Å². The lowest BCUT2D eigenvalue weighted by Crippen LogP contribution is -1.88. The monoisotopic (exact) mass is 156 g/mol. The molecule has 0 fully saturated rings. The van der Waals surface area contributed by atoms with Crippen LogP contribution in [0.2, 0.25) is 5.02 Å². The van der Waals surface area contributed by atoms with Crippen molar-refractivity contribution in [3.63, 3.8) is 0 Å². The van der Waals surface area contributed by atoms with Gasteiger partial charge in [-0.25, -0.2) is 0 Å². The predicted octanol–water partition coefficient (Wildman–Crippen LogP) is 2.16. The molecule has 0 bridgehead atoms. The maximum absolute atomic E-state index is 5.72. The van der Waals surface area contributed by atoms with E-state index in [0.29, 0.717) is 6.61 Å². The first-order valence-corrected chi connectivity index (χ1v) is 3.37. The van der Waals surface area contributed by atoms with E-state index in [2.05, 4.69) is 11.8 Å². The van der Waals surface area contributed by atoms with Crippen LogP contribution >= 0.6 is 11.6 Å². The lowest BCUT2D eigenvalue weighted by molar-refractivity contribution is 0.0401. The number of hydrogen-bond acceptors (Lipinski definition) is 0. The van der Waals surface area contributed by atoms with Gasteiger partial charge in [0.25, 0.3) is 0 Å². The van der Waals surface area contributed by atoms with Gasteiger partial charge in [-0.3, -0.25) is 0 Å². The molecule has 2 heteroatoms. The molecule has 0 saturated carbocycles. The second-order valence-corrected chi connectivity index (χ2v) is 2.45. The molecule has 0 heterocycles. The molecule has 0 spiro atoms. The largest absolute Gasteiger partial charge is 0.578 e. The van der Waals surface area contributed by atoms with Gasteiger partial charge in [-0.05, 0) is 12.1 Å². The summed E-state index contributed by atoms with van der Waals surface area (Å²) in [5, 5.41) is 0.751. The second kappa shape index (κ2) is 3.59. The zero-order chi connectivity index (χ0) is 7.40. The molecule has 0 saturated heterocycles. The molecule has 0 atom stereocenters. The molecule has 1 rings (SSSR count). The van der Waals surface area contributed by atoms with Crippen molar-refractivity contribution >= 4 is 11.6 Å². The third-order valence-corrected chi connectivity index (χ3v) is 1.42. The predicted molar refractivity (Wildman–Crippen MR) is 42.7 cm³/mol. The normalized spacial score (nSPS) is 9.80. The summed E-state index contributed by atoms with van der Waals surface area (Å²) >= 11 is 5.72. The summed E-state index contributed by atoms with van der Waals surface area (Å²) in [6.45, 7) is 0.639. The van der Waals surface area contributed by atoms with Crippen LogP contribution in [0, 0.1) is 7.11 Å². The van der Waals surface area contributed by atoms with Crippen LogP contribution in [0.1, 0.15) is 5.56 Å². The summed E-state index contributed by atoms with van der Waals surface area (Å²) in [4.78, 5) is 0. The van der Waals surface area contributed by atoms with Crippen LogP contribution in [0.15, 0.2) is 24.3 Å². The third-order valence-electron chi connectivity index (χ3n) is 1.18. The number of benzene rings is 1. The molecular weight excluding hydrogens is 148 g/mol. The zero-order valence-electron chi connectivity index (χ0n) is 5.55. The minimum Gasteiger partial charge on any atom is -0.578 e. The average Bonchev–Trinajstić information content (AvgIpc) is 1.88. The Hall–Kier alpha value is -0.530. The fourth-order valence-corrected chi connectivity index (χ4v) is 0.977. The summed E-state index contributed by atoms with van der Waals surface area (Å²) in [5.74, 6) is 0. The van der Waals surface area contributed by atoms with Crippen molar-refractivity contribution in [1.82, 2.24) is 0 Å². The maximum Gasteiger partial charge on any atom is 0.145 e. The molecule has 1 aromatic rings. The number of hydrogen-bond donors (Lipinski definition) is 0. The minimum atomic E-state index is 0.639. The second-order valence-electron chi connectivity index (χ2n) is 2.01. The molecule has 1 aromatic carbocycles. The molecule has 10 heavy (non-hydrogen) atoms. The van der Waals surface area contributed by atoms with Crippen LogP contribution in [0.25, 0.3) is 0 Å². The van der Waals surface area contributed by atoms with E-state index in [-0.39, 0.29) is 0 Å². The third kappa shape index (κ3) is 2.01. The van der Waals surface area contributed by atoms with Crippen molar-refractivity contribution in [3.8, 4) is 0 Å². The standard InChI is InChI=1S/C8H9ClO/c1-10-6-7-3-2-4-8(9)5-7/h2-5,10H,1,6H2. The van der Waals surface area contributed by atoms with Crippen LogP contribution < -0.4 is 0 Å². The Balaban J connectivity index is 2.75. The molecule has 54 valence electrons. The number of halogens is 1. The summed E-state index contributed by atoms with van der Waals surface area (Å²) in [5.41, 5.74) is 1.10. The Bertz CT molecular complexity index is 210. The number of ether oxygens (including phenoxy) is 1. The van der Waals surface area contributed by atoms with E-state index < -0.39 is 0 Å². The van der Waals surface area contributed by atoms with Gasteiger partial charge in [-0.1, -0.05) is 30.8 Å². The summed E-state index contributed by atoms with van der Waals surface area (Å²) < 4.78 is 3.74. The van der Waals surface area contributed by atoms with Gasteiger partial charge in [0.05, 0.1) is 0 Å². The van der Waals surface area contributed by atoms with Gasteiger partial charge in [0.15, 0.2) is 0 Å². The molecule has 1 nitrogen and oxygen atoms in total. The van der Waals surface area contributed by atoms with Gasteiger partial charge in [0.1, 0.15) is 6.61 Å². The number of rotatable bonds is 2. The van der Waals surface area contributed by atoms with E-state index in [1.54, 1.807) is 0 Å². The van der Waals surface area contributed by atoms with E-state index in [9.17, 15) is 0 Å². The first-order valence-electron chi connectivity index (χ1n) is 3.00. The van der Waals surface area contributed by atoms with Crippen molar-refractivity contribution in [2.24, 2.45) is 0 Å². The highest BCUT2D eigenvalue weighted by atomic mass is 35.5. The summed E-state index contributed by atoms with van der Waals surface area (Å²) in [6, 6.07) is 7.60. The van der Waals surface area contributed by atoms with Gasteiger partial charge in [0.2, 0.25) is 0 Å². The fraction of sp³-hybridized carbons (Fsp3) is 0.125. The first kappa shape index (κ1) is 7.58. The fourth-order valence-electron chi connectivity index (χ4n) is 0.764. The Morgan fingerprint density at radius 3 is 2.90 bits per heavy atom. The Kier molecular flexibility index (Phi) is 2.72. The van der Waals surface area contributed by atoms with Crippen molar-refractivity contribution in [2.75, 3.05) is 0 Å². The van der Waals surface area contributed by atoms with Crippen LogP contribution in [0.4, 0.5) is 0 Å². The van der Waals surface area contributed by atoms with Crippen LogP contribution in [0.3, 0.4) is 0 Å². The summed E-state index contributed by atoms with van der Waals surface area (Å²) in [7, 11) is 3.39. The molecule has 0 unspecified atom stereocenters. The molecular formula is C8H9ClO. The van der Waals surface area contributed by atoms with E-state index in [0.717, 1.165) is 10.6 Å². The lowest BCUT2D eigenvalue weighted by atomic mass is 10.2. The van der Waals surface area contributed by atoms with Gasteiger partial charge in [-0.2, -0.15) is 0 Å². The molecule has 0 radical (unpaired) electrons. The van der Waals surface area contributed by atoms with Crippen molar-refractivity contribution in [2.45, 2.75) is 6.61 Å². The Morgan fingerprint density at radius 1 is 1.50 bits per heavy atom. The highest BCUT2D eigenvalue weighted by molar-refractivity contribution is 6.30. The van der Waals surface area contributed by atoms with E-state index >= 15 is 0 Å². The molecule has 1 N–H and O–H groups in total. The smallest absolute Gasteiger partial charge is 0.145 e. The van der Waals surface area contributed by atoms with Gasteiger partial charge in [0, 0.05) is 10.6 Å². The highest BCUT2D eigenvalue weighted by Gasteiger charge is 1.92. The molecule has 0 aromatic heterocycles. The average molecular weight is 157 g/mol. The lowest BCUT2D eigenvalue weighted by Gasteiger charge is -1.99. The number of aliphatic hydroxyl groups is 2. The van der Waals surface area contributed by atoms with Crippen molar-refractivity contribution < 1.29 is 4.74 Å². The highest BCUT2D eigenvalue weighted by Crippen LogP contribution is 2.10. The van der Waals surface area contributed by atoms with E-state index in [1.165, 1.54) is 0 Å². The SMILES string of the molecule is [CH2-][OH+]Cc1cccc(Cl)c1. The molecule has 0 aliphatic rings. The van der Waals surface area contributed by atoms with Gasteiger partial charge >= 0.3 is 0 Å². The summed E-state index contributed by atoms with van der Waals surface area (Å²) in [6.07, 6.45) is 0. The Labute approximate surface area is 65.6 Å².